The van der Waals surface area contributed by atoms with Crippen LogP contribution in [0, 0.1) is 21.7 Å². The Balaban J connectivity index is 1.59. The van der Waals surface area contributed by atoms with Gasteiger partial charge < -0.3 is 9.80 Å². The van der Waals surface area contributed by atoms with Gasteiger partial charge in [-0.15, -0.1) is 0 Å². The quantitative estimate of drug-likeness (QED) is 0.469. The molecule has 6 nitrogen and oxygen atoms in total. The molecule has 1 amide bonds. The number of carbonyl (C=O) groups is 1. The lowest BCUT2D eigenvalue weighted by molar-refractivity contribution is -0.384. The van der Waals surface area contributed by atoms with Crippen LogP contribution in [-0.2, 0) is 4.79 Å². The normalized spacial score (nSPS) is 14.6. The number of nitro groups is 1. The van der Waals surface area contributed by atoms with Gasteiger partial charge in [-0.05, 0) is 30.3 Å². The van der Waals surface area contributed by atoms with Crippen molar-refractivity contribution >= 4 is 23.4 Å². The van der Waals surface area contributed by atoms with E-state index in [0.29, 0.717) is 26.2 Å². The lowest BCUT2D eigenvalue weighted by Gasteiger charge is -2.35. The van der Waals surface area contributed by atoms with E-state index in [1.807, 2.05) is 4.90 Å². The van der Waals surface area contributed by atoms with Gasteiger partial charge in [-0.2, -0.15) is 0 Å². The Morgan fingerprint density at radius 1 is 1.00 bits per heavy atom. The summed E-state index contributed by atoms with van der Waals surface area (Å²) < 4.78 is 27.2. The molecular formula is C19H17F2N3O3. The number of rotatable bonds is 4. The summed E-state index contributed by atoms with van der Waals surface area (Å²) >= 11 is 0. The third-order valence-corrected chi connectivity index (χ3v) is 4.41. The number of non-ortho nitro benzene ring substituents is 1. The van der Waals surface area contributed by atoms with Gasteiger partial charge in [0.2, 0.25) is 5.91 Å². The molecule has 27 heavy (non-hydrogen) atoms. The van der Waals surface area contributed by atoms with Gasteiger partial charge in [0.05, 0.1) is 4.92 Å². The monoisotopic (exact) mass is 373 g/mol. The number of anilines is 1. The highest BCUT2D eigenvalue weighted by Crippen LogP contribution is 2.21. The van der Waals surface area contributed by atoms with Crippen LogP contribution in [0.1, 0.15) is 5.56 Å². The molecule has 1 saturated heterocycles. The van der Waals surface area contributed by atoms with Gasteiger partial charge in [-0.25, -0.2) is 8.78 Å². The smallest absolute Gasteiger partial charge is 0.269 e. The van der Waals surface area contributed by atoms with Gasteiger partial charge in [-0.1, -0.05) is 6.07 Å². The molecule has 2 aromatic carbocycles. The maximum absolute atomic E-state index is 13.6. The topological polar surface area (TPSA) is 66.7 Å². The number of halogens is 2. The van der Waals surface area contributed by atoms with Crippen LogP contribution in [0.25, 0.3) is 6.08 Å². The number of nitrogens with zero attached hydrogens (tertiary/aromatic N) is 3. The molecule has 8 heteroatoms. The van der Waals surface area contributed by atoms with Crippen LogP contribution in [0.2, 0.25) is 0 Å². The maximum atomic E-state index is 13.6. The second kappa shape index (κ2) is 7.94. The van der Waals surface area contributed by atoms with Crippen molar-refractivity contribution in [1.29, 1.82) is 0 Å². The molecule has 0 aliphatic carbocycles. The first kappa shape index (κ1) is 18.5. The minimum atomic E-state index is -0.720. The molecule has 1 heterocycles. The Labute approximate surface area is 154 Å². The number of piperazine rings is 1. The highest BCUT2D eigenvalue weighted by atomic mass is 19.1. The zero-order chi connectivity index (χ0) is 19.4. The van der Waals surface area contributed by atoms with E-state index in [4.69, 9.17) is 0 Å². The molecule has 0 radical (unpaired) electrons. The van der Waals surface area contributed by atoms with Gasteiger partial charge in [0.1, 0.15) is 11.6 Å². The van der Waals surface area contributed by atoms with Crippen molar-refractivity contribution in [3.8, 4) is 0 Å². The Hall–Kier alpha value is -3.29. The number of benzene rings is 2. The maximum Gasteiger partial charge on any atom is 0.269 e. The molecule has 0 unspecified atom stereocenters. The summed E-state index contributed by atoms with van der Waals surface area (Å²) in [6.45, 7) is 2.01. The van der Waals surface area contributed by atoms with Gasteiger partial charge in [0, 0.05) is 55.6 Å². The number of nitro benzene ring substituents is 1. The van der Waals surface area contributed by atoms with E-state index < -0.39 is 16.6 Å². The molecule has 1 aliphatic rings. The summed E-state index contributed by atoms with van der Waals surface area (Å²) in [5.41, 5.74) is 0.630. The largest absolute Gasteiger partial charge is 0.368 e. The fourth-order valence-corrected chi connectivity index (χ4v) is 2.90. The lowest BCUT2D eigenvalue weighted by Crippen LogP contribution is -2.48. The van der Waals surface area contributed by atoms with Crippen molar-refractivity contribution in [2.45, 2.75) is 0 Å². The van der Waals surface area contributed by atoms with Crippen molar-refractivity contribution < 1.29 is 18.5 Å². The molecule has 140 valence electrons. The zero-order valence-electron chi connectivity index (χ0n) is 14.3. The number of carbonyl (C=O) groups excluding carboxylic acids is 1. The molecular weight excluding hydrogens is 356 g/mol. The minimum absolute atomic E-state index is 0.0260. The Kier molecular flexibility index (Phi) is 5.44. The first-order chi connectivity index (χ1) is 13.0. The van der Waals surface area contributed by atoms with Crippen molar-refractivity contribution in [2.75, 3.05) is 31.1 Å². The summed E-state index contributed by atoms with van der Waals surface area (Å²) in [4.78, 5) is 26.1. The van der Waals surface area contributed by atoms with Crippen molar-refractivity contribution in [3.05, 3.63) is 75.9 Å². The fraction of sp³-hybridized carbons (Fsp3) is 0.211. The molecule has 0 bridgehead atoms. The predicted octanol–water partition coefficient (Wildman–Crippen LogP) is 3.24. The van der Waals surface area contributed by atoms with Crippen LogP contribution in [0.5, 0.6) is 0 Å². The van der Waals surface area contributed by atoms with E-state index >= 15 is 0 Å². The van der Waals surface area contributed by atoms with Crippen LogP contribution in [0.4, 0.5) is 20.2 Å². The molecule has 0 atom stereocenters. The predicted molar refractivity (Wildman–Crippen MR) is 97.3 cm³/mol. The molecule has 0 saturated carbocycles. The second-order valence-electron chi connectivity index (χ2n) is 6.05. The van der Waals surface area contributed by atoms with Crippen LogP contribution >= 0.6 is 0 Å². The van der Waals surface area contributed by atoms with Crippen molar-refractivity contribution in [2.24, 2.45) is 0 Å². The number of amides is 1. The van der Waals surface area contributed by atoms with Gasteiger partial charge in [0.15, 0.2) is 0 Å². The number of hydrogen-bond donors (Lipinski definition) is 0. The molecule has 3 rings (SSSR count). The van der Waals surface area contributed by atoms with Crippen molar-refractivity contribution in [3.63, 3.8) is 0 Å². The van der Waals surface area contributed by atoms with E-state index in [1.54, 1.807) is 17.0 Å². The Bertz CT molecular complexity index is 856. The zero-order valence-corrected chi connectivity index (χ0v) is 14.3. The van der Waals surface area contributed by atoms with Gasteiger partial charge in [-0.3, -0.25) is 14.9 Å². The Morgan fingerprint density at radius 2 is 1.59 bits per heavy atom. The summed E-state index contributed by atoms with van der Waals surface area (Å²) in [5, 5.41) is 10.7. The standard InChI is InChI=1S/C19H17F2N3O3/c20-17-2-1-3-18(21)16(17)8-9-19(25)23-12-10-22(11-13-23)14-4-6-15(7-5-14)24(26)27/h1-9H,10-13H2. The van der Waals surface area contributed by atoms with E-state index in [2.05, 4.69) is 0 Å². The van der Waals surface area contributed by atoms with E-state index in [9.17, 15) is 23.7 Å². The van der Waals surface area contributed by atoms with Crippen LogP contribution < -0.4 is 4.90 Å². The van der Waals surface area contributed by atoms with Crippen LogP contribution in [-0.4, -0.2) is 41.9 Å². The molecule has 0 N–H and O–H groups in total. The van der Waals surface area contributed by atoms with Gasteiger partial charge >= 0.3 is 0 Å². The molecule has 2 aromatic rings. The second-order valence-corrected chi connectivity index (χ2v) is 6.05. The SMILES string of the molecule is O=C(C=Cc1c(F)cccc1F)N1CCN(c2ccc([N+](=O)[O-])cc2)CC1. The summed E-state index contributed by atoms with van der Waals surface area (Å²) in [7, 11) is 0. The van der Waals surface area contributed by atoms with Crippen LogP contribution in [0.15, 0.2) is 48.5 Å². The third-order valence-electron chi connectivity index (χ3n) is 4.41. The average Bonchev–Trinajstić information content (AvgIpc) is 2.67. The van der Waals surface area contributed by atoms with E-state index in [0.717, 1.165) is 23.9 Å². The third kappa shape index (κ3) is 4.28. The molecule has 1 aliphatic heterocycles. The first-order valence-corrected chi connectivity index (χ1v) is 8.36. The highest BCUT2D eigenvalue weighted by molar-refractivity contribution is 5.92. The van der Waals surface area contributed by atoms with E-state index in [1.165, 1.54) is 24.3 Å². The summed E-state index contributed by atoms with van der Waals surface area (Å²) in [5.74, 6) is -1.76. The number of hydrogen-bond acceptors (Lipinski definition) is 4. The fourth-order valence-electron chi connectivity index (χ4n) is 2.90. The van der Waals surface area contributed by atoms with Gasteiger partial charge in [0.25, 0.3) is 5.69 Å². The first-order valence-electron chi connectivity index (χ1n) is 8.36. The van der Waals surface area contributed by atoms with E-state index in [-0.39, 0.29) is 17.2 Å². The highest BCUT2D eigenvalue weighted by Gasteiger charge is 2.20. The summed E-state index contributed by atoms with van der Waals surface area (Å²) in [6.07, 6.45) is 2.32. The van der Waals surface area contributed by atoms with Crippen LogP contribution in [0.3, 0.4) is 0 Å². The lowest BCUT2D eigenvalue weighted by atomic mass is 10.1. The minimum Gasteiger partial charge on any atom is -0.368 e. The average molecular weight is 373 g/mol. The summed E-state index contributed by atoms with van der Waals surface area (Å²) in [6, 6.07) is 9.78. The van der Waals surface area contributed by atoms with Crippen molar-refractivity contribution in [1.82, 2.24) is 4.90 Å². The molecule has 0 aromatic heterocycles. The molecule has 1 fully saturated rings. The Morgan fingerprint density at radius 3 is 2.15 bits per heavy atom. The molecule has 0 spiro atoms.